The van der Waals surface area contributed by atoms with Crippen molar-refractivity contribution in [1.29, 1.82) is 0 Å². The van der Waals surface area contributed by atoms with E-state index in [1.54, 1.807) is 12.5 Å². The molecule has 0 unspecified atom stereocenters. The highest BCUT2D eigenvalue weighted by molar-refractivity contribution is 6.04. The lowest BCUT2D eigenvalue weighted by atomic mass is 10.1. The van der Waals surface area contributed by atoms with Crippen LogP contribution in [-0.4, -0.2) is 32.0 Å². The highest BCUT2D eigenvalue weighted by atomic mass is 16.1. The molecular formula is C14H17N5O. The van der Waals surface area contributed by atoms with E-state index in [1.807, 2.05) is 24.7 Å². The van der Waals surface area contributed by atoms with E-state index in [-0.39, 0.29) is 5.91 Å². The number of aryl methyl sites for hydroxylation is 1. The number of imidazole rings is 1. The molecule has 3 aromatic heterocycles. The minimum absolute atomic E-state index is 0.0342. The van der Waals surface area contributed by atoms with Gasteiger partial charge in [0.25, 0.3) is 0 Å². The molecule has 0 spiro atoms. The summed E-state index contributed by atoms with van der Waals surface area (Å²) in [5.41, 5.74) is 3.60. The van der Waals surface area contributed by atoms with Gasteiger partial charge in [-0.05, 0) is 12.0 Å². The van der Waals surface area contributed by atoms with Crippen molar-refractivity contribution in [3.8, 4) is 0 Å². The SMILES string of the molecule is CCCNC(=O)Cc1c[nH]c2ncc3ncn(C)c3c12. The van der Waals surface area contributed by atoms with Gasteiger partial charge >= 0.3 is 0 Å². The van der Waals surface area contributed by atoms with Crippen LogP contribution in [0.25, 0.3) is 22.1 Å². The Kier molecular flexibility index (Phi) is 3.14. The standard InChI is InChI=1S/C14H17N5O/c1-3-4-15-11(20)5-9-6-16-14-12(9)13-10(7-17-14)18-8-19(13)2/h6-8H,3-5H2,1-2H3,(H,15,20)(H,16,17). The number of pyridine rings is 1. The number of amides is 1. The van der Waals surface area contributed by atoms with Gasteiger partial charge in [0.1, 0.15) is 11.2 Å². The largest absolute Gasteiger partial charge is 0.356 e. The molecule has 0 bridgehead atoms. The maximum absolute atomic E-state index is 11.9. The Balaban J connectivity index is 2.05. The second kappa shape index (κ2) is 4.96. The number of aromatic amines is 1. The van der Waals surface area contributed by atoms with Crippen LogP contribution >= 0.6 is 0 Å². The van der Waals surface area contributed by atoms with Crippen LogP contribution in [0, 0.1) is 0 Å². The van der Waals surface area contributed by atoms with Crippen LogP contribution in [0.3, 0.4) is 0 Å². The molecule has 0 saturated heterocycles. The number of fused-ring (bicyclic) bond motifs is 3. The average Bonchev–Trinajstić information content (AvgIpc) is 3.01. The number of H-pyrrole nitrogens is 1. The third-order valence-electron chi connectivity index (χ3n) is 3.38. The first-order valence-electron chi connectivity index (χ1n) is 6.73. The highest BCUT2D eigenvalue weighted by Gasteiger charge is 2.14. The maximum Gasteiger partial charge on any atom is 0.224 e. The minimum atomic E-state index is 0.0342. The van der Waals surface area contributed by atoms with Crippen molar-refractivity contribution in [3.63, 3.8) is 0 Å². The van der Waals surface area contributed by atoms with Gasteiger partial charge in [-0.25, -0.2) is 9.97 Å². The third kappa shape index (κ3) is 2.03. The highest BCUT2D eigenvalue weighted by Crippen LogP contribution is 2.25. The van der Waals surface area contributed by atoms with Gasteiger partial charge < -0.3 is 14.9 Å². The summed E-state index contributed by atoms with van der Waals surface area (Å²) in [5.74, 6) is 0.0342. The lowest BCUT2D eigenvalue weighted by Gasteiger charge is -2.03. The number of carbonyl (C=O) groups excluding carboxylic acids is 1. The van der Waals surface area contributed by atoms with Gasteiger partial charge in [-0.3, -0.25) is 4.79 Å². The van der Waals surface area contributed by atoms with Crippen LogP contribution in [0.2, 0.25) is 0 Å². The van der Waals surface area contributed by atoms with Gasteiger partial charge in [-0.15, -0.1) is 0 Å². The van der Waals surface area contributed by atoms with Crippen molar-refractivity contribution in [2.75, 3.05) is 6.54 Å². The number of aromatic nitrogens is 4. The molecular weight excluding hydrogens is 254 g/mol. The fourth-order valence-corrected chi connectivity index (χ4v) is 2.43. The molecule has 0 aliphatic carbocycles. The first-order chi connectivity index (χ1) is 9.70. The lowest BCUT2D eigenvalue weighted by molar-refractivity contribution is -0.120. The third-order valence-corrected chi connectivity index (χ3v) is 3.38. The van der Waals surface area contributed by atoms with Crippen LogP contribution in [0.1, 0.15) is 18.9 Å². The van der Waals surface area contributed by atoms with Gasteiger partial charge in [0, 0.05) is 25.2 Å². The molecule has 6 heteroatoms. The van der Waals surface area contributed by atoms with Gasteiger partial charge in [0.15, 0.2) is 0 Å². The summed E-state index contributed by atoms with van der Waals surface area (Å²) in [5, 5.41) is 3.88. The first kappa shape index (κ1) is 12.7. The zero-order valence-corrected chi connectivity index (χ0v) is 11.6. The van der Waals surface area contributed by atoms with E-state index in [0.29, 0.717) is 13.0 Å². The van der Waals surface area contributed by atoms with Crippen molar-refractivity contribution in [1.82, 2.24) is 24.8 Å². The summed E-state index contributed by atoms with van der Waals surface area (Å²) in [6, 6.07) is 0. The van der Waals surface area contributed by atoms with E-state index in [2.05, 4.69) is 20.3 Å². The van der Waals surface area contributed by atoms with Crippen LogP contribution in [0.15, 0.2) is 18.7 Å². The van der Waals surface area contributed by atoms with Crippen molar-refractivity contribution in [2.45, 2.75) is 19.8 Å². The molecule has 0 aliphatic rings. The molecule has 6 nitrogen and oxygen atoms in total. The van der Waals surface area contributed by atoms with E-state index in [4.69, 9.17) is 0 Å². The zero-order chi connectivity index (χ0) is 14.1. The molecule has 3 heterocycles. The fraction of sp³-hybridized carbons (Fsp3) is 0.357. The number of rotatable bonds is 4. The summed E-state index contributed by atoms with van der Waals surface area (Å²) in [4.78, 5) is 23.7. The second-order valence-electron chi connectivity index (χ2n) is 4.91. The summed E-state index contributed by atoms with van der Waals surface area (Å²) in [6.07, 6.45) is 6.66. The van der Waals surface area contributed by atoms with Crippen molar-refractivity contribution in [2.24, 2.45) is 7.05 Å². The van der Waals surface area contributed by atoms with Crippen LogP contribution in [-0.2, 0) is 18.3 Å². The topological polar surface area (TPSA) is 75.6 Å². The first-order valence-corrected chi connectivity index (χ1v) is 6.73. The summed E-state index contributed by atoms with van der Waals surface area (Å²) < 4.78 is 1.96. The van der Waals surface area contributed by atoms with Crippen molar-refractivity contribution in [3.05, 3.63) is 24.3 Å². The number of hydrogen-bond acceptors (Lipinski definition) is 3. The van der Waals surface area contributed by atoms with Crippen LogP contribution < -0.4 is 5.32 Å². The zero-order valence-electron chi connectivity index (χ0n) is 11.6. The normalized spacial score (nSPS) is 11.3. The number of nitrogens with one attached hydrogen (secondary N) is 2. The van der Waals surface area contributed by atoms with E-state index < -0.39 is 0 Å². The van der Waals surface area contributed by atoms with E-state index in [1.165, 1.54) is 0 Å². The minimum Gasteiger partial charge on any atom is -0.356 e. The van der Waals surface area contributed by atoms with Crippen LogP contribution in [0.4, 0.5) is 0 Å². The predicted octanol–water partition coefficient (Wildman–Crippen LogP) is 1.52. The molecule has 0 aliphatic heterocycles. The Hall–Kier alpha value is -2.37. The Bertz CT molecular complexity index is 770. The number of carbonyl (C=O) groups is 1. The number of hydrogen-bond donors (Lipinski definition) is 2. The molecule has 0 atom stereocenters. The Labute approximate surface area is 116 Å². The Morgan fingerprint density at radius 1 is 1.45 bits per heavy atom. The molecule has 104 valence electrons. The molecule has 0 fully saturated rings. The summed E-state index contributed by atoms with van der Waals surface area (Å²) in [7, 11) is 1.95. The summed E-state index contributed by atoms with van der Waals surface area (Å²) in [6.45, 7) is 2.75. The molecule has 0 radical (unpaired) electrons. The maximum atomic E-state index is 11.9. The van der Waals surface area contributed by atoms with Gasteiger partial charge in [0.2, 0.25) is 5.91 Å². The van der Waals surface area contributed by atoms with Crippen molar-refractivity contribution >= 4 is 28.0 Å². The second-order valence-corrected chi connectivity index (χ2v) is 4.91. The quantitative estimate of drug-likeness (QED) is 0.755. The Morgan fingerprint density at radius 3 is 3.10 bits per heavy atom. The molecule has 3 aromatic rings. The van der Waals surface area contributed by atoms with Gasteiger partial charge in [-0.1, -0.05) is 6.92 Å². The average molecular weight is 271 g/mol. The van der Waals surface area contributed by atoms with Crippen LogP contribution in [0.5, 0.6) is 0 Å². The molecule has 3 rings (SSSR count). The monoisotopic (exact) mass is 271 g/mol. The summed E-state index contributed by atoms with van der Waals surface area (Å²) >= 11 is 0. The smallest absolute Gasteiger partial charge is 0.224 e. The van der Waals surface area contributed by atoms with E-state index >= 15 is 0 Å². The van der Waals surface area contributed by atoms with Gasteiger partial charge in [0.05, 0.1) is 24.5 Å². The molecule has 2 N–H and O–H groups in total. The molecule has 0 saturated carbocycles. The van der Waals surface area contributed by atoms with E-state index in [0.717, 1.165) is 34.1 Å². The van der Waals surface area contributed by atoms with Gasteiger partial charge in [-0.2, -0.15) is 0 Å². The van der Waals surface area contributed by atoms with Crippen molar-refractivity contribution < 1.29 is 4.79 Å². The fourth-order valence-electron chi connectivity index (χ4n) is 2.43. The number of nitrogens with zero attached hydrogens (tertiary/aromatic N) is 3. The predicted molar refractivity (Wildman–Crippen MR) is 77.4 cm³/mol. The molecule has 0 aromatic carbocycles. The molecule has 1 amide bonds. The molecule has 20 heavy (non-hydrogen) atoms. The Morgan fingerprint density at radius 2 is 2.30 bits per heavy atom. The van der Waals surface area contributed by atoms with E-state index in [9.17, 15) is 4.79 Å². The lowest BCUT2D eigenvalue weighted by Crippen LogP contribution is -2.25.